The van der Waals surface area contributed by atoms with Gasteiger partial charge in [-0.2, -0.15) is 5.10 Å². The number of rotatable bonds is 5. The second kappa shape index (κ2) is 8.81. The van der Waals surface area contributed by atoms with Gasteiger partial charge < -0.3 is 9.84 Å². The van der Waals surface area contributed by atoms with Gasteiger partial charge >= 0.3 is 0 Å². The first-order chi connectivity index (χ1) is 14.4. The smallest absolute Gasteiger partial charge is 0.279 e. The van der Waals surface area contributed by atoms with Gasteiger partial charge in [-0.3, -0.25) is 9.48 Å². The van der Waals surface area contributed by atoms with Crippen LogP contribution in [-0.4, -0.2) is 20.8 Å². The summed E-state index contributed by atoms with van der Waals surface area (Å²) in [7, 11) is 0. The van der Waals surface area contributed by atoms with E-state index in [2.05, 4.69) is 31.5 Å². The zero-order valence-corrected chi connectivity index (χ0v) is 18.9. The quantitative estimate of drug-likeness (QED) is 0.320. The monoisotopic (exact) mass is 524 g/mol. The zero-order valence-electron chi connectivity index (χ0n) is 15.1. The number of halogens is 4. The summed E-state index contributed by atoms with van der Waals surface area (Å²) in [6.45, 7) is 0.523. The van der Waals surface area contributed by atoms with E-state index in [1.54, 1.807) is 29.1 Å². The van der Waals surface area contributed by atoms with Crippen LogP contribution in [0.25, 0.3) is 11.3 Å². The molecule has 2 aromatic carbocycles. The standard InChI is InChI=1S/C20H12BrCl3N4O2/c21-15-10-28(9-11-1-3-12(22)4-2-11)26-19(15)25-20(29)17-8-18(30-27-17)14-6-5-13(23)7-16(14)24/h1-8,10H,9H2,(H,25,26,29). The van der Waals surface area contributed by atoms with Gasteiger partial charge in [0.05, 0.1) is 16.0 Å². The molecule has 10 heteroatoms. The molecule has 152 valence electrons. The van der Waals surface area contributed by atoms with Gasteiger partial charge in [0, 0.05) is 27.9 Å². The fourth-order valence-electron chi connectivity index (χ4n) is 2.71. The molecule has 6 nitrogen and oxygen atoms in total. The first-order valence-electron chi connectivity index (χ1n) is 8.60. The molecule has 0 fully saturated rings. The van der Waals surface area contributed by atoms with E-state index in [0.717, 1.165) is 5.56 Å². The molecule has 2 heterocycles. The summed E-state index contributed by atoms with van der Waals surface area (Å²) >= 11 is 21.4. The van der Waals surface area contributed by atoms with Crippen LogP contribution in [0.5, 0.6) is 0 Å². The molecule has 0 saturated heterocycles. The van der Waals surface area contributed by atoms with Gasteiger partial charge in [-0.15, -0.1) is 0 Å². The van der Waals surface area contributed by atoms with Crippen LogP contribution in [0.15, 0.2) is 63.7 Å². The van der Waals surface area contributed by atoms with Crippen molar-refractivity contribution in [2.45, 2.75) is 6.54 Å². The molecule has 1 N–H and O–H groups in total. The third-order valence-electron chi connectivity index (χ3n) is 4.15. The predicted molar refractivity (Wildman–Crippen MR) is 120 cm³/mol. The minimum atomic E-state index is -0.465. The molecular weight excluding hydrogens is 515 g/mol. The number of hydrogen-bond acceptors (Lipinski definition) is 4. The van der Waals surface area contributed by atoms with Gasteiger partial charge in [0.15, 0.2) is 17.3 Å². The summed E-state index contributed by atoms with van der Waals surface area (Å²) in [6.07, 6.45) is 1.77. The summed E-state index contributed by atoms with van der Waals surface area (Å²) < 4.78 is 7.60. The lowest BCUT2D eigenvalue weighted by Crippen LogP contribution is -2.13. The highest BCUT2D eigenvalue weighted by molar-refractivity contribution is 9.10. The molecule has 2 aromatic heterocycles. The third-order valence-corrected chi connectivity index (χ3v) is 5.53. The van der Waals surface area contributed by atoms with Crippen molar-refractivity contribution < 1.29 is 9.32 Å². The van der Waals surface area contributed by atoms with Crippen LogP contribution in [0.2, 0.25) is 15.1 Å². The maximum Gasteiger partial charge on any atom is 0.279 e. The van der Waals surface area contributed by atoms with Crippen LogP contribution < -0.4 is 5.32 Å². The normalized spacial score (nSPS) is 10.9. The largest absolute Gasteiger partial charge is 0.355 e. The Morgan fingerprint density at radius 1 is 1.07 bits per heavy atom. The van der Waals surface area contributed by atoms with Gasteiger partial charge in [-0.1, -0.05) is 52.1 Å². The highest BCUT2D eigenvalue weighted by Gasteiger charge is 2.18. The van der Waals surface area contributed by atoms with Crippen LogP contribution in [-0.2, 0) is 6.54 Å². The molecular formula is C20H12BrCl3N4O2. The van der Waals surface area contributed by atoms with Crippen molar-refractivity contribution in [2.75, 3.05) is 5.32 Å². The molecule has 4 rings (SSSR count). The Morgan fingerprint density at radius 2 is 1.80 bits per heavy atom. The average molecular weight is 527 g/mol. The van der Waals surface area contributed by atoms with Crippen LogP contribution in [0, 0.1) is 0 Å². The van der Waals surface area contributed by atoms with Gasteiger partial charge in [0.25, 0.3) is 5.91 Å². The number of aromatic nitrogens is 3. The molecule has 0 unspecified atom stereocenters. The van der Waals surface area contributed by atoms with Crippen molar-refractivity contribution in [1.82, 2.24) is 14.9 Å². The first-order valence-corrected chi connectivity index (χ1v) is 10.5. The fourth-order valence-corrected chi connectivity index (χ4v) is 3.75. The van der Waals surface area contributed by atoms with Crippen LogP contribution in [0.3, 0.4) is 0 Å². The SMILES string of the molecule is O=C(Nc1nn(Cc2ccc(Cl)cc2)cc1Br)c1cc(-c2ccc(Cl)cc2Cl)on1. The Balaban J connectivity index is 1.48. The predicted octanol–water partition coefficient (Wildman–Crippen LogP) is 6.56. The number of anilines is 1. The lowest BCUT2D eigenvalue weighted by atomic mass is 10.1. The Morgan fingerprint density at radius 3 is 2.53 bits per heavy atom. The topological polar surface area (TPSA) is 73.0 Å². The summed E-state index contributed by atoms with van der Waals surface area (Å²) in [4.78, 5) is 12.6. The second-order valence-corrected chi connectivity index (χ2v) is 8.44. The minimum Gasteiger partial charge on any atom is -0.355 e. The van der Waals surface area contributed by atoms with E-state index in [9.17, 15) is 4.79 Å². The molecule has 0 bridgehead atoms. The molecule has 0 aliphatic rings. The maximum absolute atomic E-state index is 12.6. The molecule has 0 radical (unpaired) electrons. The highest BCUT2D eigenvalue weighted by atomic mass is 79.9. The summed E-state index contributed by atoms with van der Waals surface area (Å²) in [6, 6.07) is 13.9. The van der Waals surface area contributed by atoms with E-state index >= 15 is 0 Å². The van der Waals surface area contributed by atoms with Gasteiger partial charge in [0.2, 0.25) is 0 Å². The molecule has 4 aromatic rings. The first kappa shape index (κ1) is 20.9. The lowest BCUT2D eigenvalue weighted by molar-refractivity contribution is 0.101. The van der Waals surface area contributed by atoms with E-state index in [1.807, 2.05) is 24.3 Å². The Bertz CT molecular complexity index is 1220. The summed E-state index contributed by atoms with van der Waals surface area (Å²) in [5, 5.41) is 12.5. The number of hydrogen-bond donors (Lipinski definition) is 1. The van der Waals surface area contributed by atoms with Crippen LogP contribution >= 0.6 is 50.7 Å². The average Bonchev–Trinajstić information content (AvgIpc) is 3.31. The molecule has 0 aliphatic carbocycles. The Labute approximate surface area is 194 Å². The number of amides is 1. The molecule has 30 heavy (non-hydrogen) atoms. The minimum absolute atomic E-state index is 0.0927. The lowest BCUT2D eigenvalue weighted by Gasteiger charge is -2.02. The van der Waals surface area contributed by atoms with Crippen molar-refractivity contribution >= 4 is 62.5 Å². The van der Waals surface area contributed by atoms with Crippen molar-refractivity contribution in [3.05, 3.63) is 85.5 Å². The van der Waals surface area contributed by atoms with Gasteiger partial charge in [-0.05, 0) is 51.8 Å². The van der Waals surface area contributed by atoms with Gasteiger partial charge in [-0.25, -0.2) is 0 Å². The van der Waals surface area contributed by atoms with E-state index in [1.165, 1.54) is 6.07 Å². The van der Waals surface area contributed by atoms with Crippen molar-refractivity contribution in [1.29, 1.82) is 0 Å². The summed E-state index contributed by atoms with van der Waals surface area (Å²) in [5.74, 6) is 0.254. The summed E-state index contributed by atoms with van der Waals surface area (Å²) in [5.41, 5.74) is 1.70. The number of benzene rings is 2. The number of carbonyl (C=O) groups excluding carboxylic acids is 1. The molecule has 0 aliphatic heterocycles. The number of nitrogens with zero attached hydrogens (tertiary/aromatic N) is 3. The Hall–Kier alpha value is -2.32. The van der Waals surface area contributed by atoms with Crippen molar-refractivity contribution in [3.63, 3.8) is 0 Å². The number of nitrogens with one attached hydrogen (secondary N) is 1. The van der Waals surface area contributed by atoms with E-state index in [-0.39, 0.29) is 5.69 Å². The number of carbonyl (C=O) groups is 1. The molecule has 0 saturated carbocycles. The maximum atomic E-state index is 12.6. The van der Waals surface area contributed by atoms with E-state index < -0.39 is 5.91 Å². The highest BCUT2D eigenvalue weighted by Crippen LogP contribution is 2.31. The van der Waals surface area contributed by atoms with Crippen LogP contribution in [0.1, 0.15) is 16.1 Å². The molecule has 0 spiro atoms. The fraction of sp³-hybridized carbons (Fsp3) is 0.0500. The second-order valence-electron chi connectivity index (χ2n) is 6.30. The van der Waals surface area contributed by atoms with E-state index in [4.69, 9.17) is 39.3 Å². The van der Waals surface area contributed by atoms with Crippen molar-refractivity contribution in [3.8, 4) is 11.3 Å². The van der Waals surface area contributed by atoms with Crippen LogP contribution in [0.4, 0.5) is 5.82 Å². The van der Waals surface area contributed by atoms with Gasteiger partial charge in [0.1, 0.15) is 0 Å². The Kier molecular flexibility index (Phi) is 6.15. The molecule has 0 atom stereocenters. The van der Waals surface area contributed by atoms with Crippen molar-refractivity contribution in [2.24, 2.45) is 0 Å². The molecule has 1 amide bonds. The van der Waals surface area contributed by atoms with E-state index in [0.29, 0.717) is 43.2 Å². The zero-order chi connectivity index (χ0) is 21.3. The third kappa shape index (κ3) is 4.70.